The van der Waals surface area contributed by atoms with Gasteiger partial charge >= 0.3 is 0 Å². The van der Waals surface area contributed by atoms with Crippen LogP contribution >= 0.6 is 0 Å². The summed E-state index contributed by atoms with van der Waals surface area (Å²) in [7, 11) is 4.49. The average Bonchev–Trinajstić information content (AvgIpc) is 2.65. The lowest BCUT2D eigenvalue weighted by Crippen LogP contribution is -2.65. The zero-order chi connectivity index (χ0) is 20.9. The van der Waals surface area contributed by atoms with Crippen LogP contribution in [0.15, 0.2) is 0 Å². The third kappa shape index (κ3) is 6.14. The standard InChI is InChI=1S/C22H48N3O2/c1-10-21(6)15-14-18(4)22(7,11-2)24(21)27-19(5)20(26)23-16-13-17-25(8,9)12-3/h18-20,23,26H,10-17H2,1-9H3/q+1. The van der Waals surface area contributed by atoms with E-state index < -0.39 is 6.23 Å². The van der Waals surface area contributed by atoms with Gasteiger partial charge in [-0.3, -0.25) is 10.2 Å². The number of nitrogens with zero attached hydrogens (tertiary/aromatic N) is 2. The Bertz CT molecular complexity index is 445. The van der Waals surface area contributed by atoms with Crippen molar-refractivity contribution in [2.45, 2.75) is 104 Å². The molecule has 1 aliphatic heterocycles. The summed E-state index contributed by atoms with van der Waals surface area (Å²) in [5.41, 5.74) is 0.0213. The summed E-state index contributed by atoms with van der Waals surface area (Å²) in [4.78, 5) is 6.47. The zero-order valence-electron chi connectivity index (χ0n) is 19.6. The molecule has 1 heterocycles. The summed E-state index contributed by atoms with van der Waals surface area (Å²) in [6, 6.07) is 0. The van der Waals surface area contributed by atoms with Crippen molar-refractivity contribution < 1.29 is 14.4 Å². The number of hydrogen-bond acceptors (Lipinski definition) is 4. The predicted molar refractivity (Wildman–Crippen MR) is 114 cm³/mol. The minimum atomic E-state index is -0.651. The lowest BCUT2D eigenvalue weighted by molar-refractivity contribution is -0.888. The topological polar surface area (TPSA) is 44.7 Å². The highest BCUT2D eigenvalue weighted by atomic mass is 16.7. The molecule has 0 aliphatic carbocycles. The average molecular weight is 387 g/mol. The molecular formula is C22H48N3O2+. The first-order chi connectivity index (χ1) is 12.5. The Morgan fingerprint density at radius 1 is 1.22 bits per heavy atom. The molecule has 5 nitrogen and oxygen atoms in total. The minimum absolute atomic E-state index is 0.000377. The molecule has 0 spiro atoms. The van der Waals surface area contributed by atoms with Gasteiger partial charge in [0.15, 0.2) is 0 Å². The van der Waals surface area contributed by atoms with E-state index in [1.807, 2.05) is 6.92 Å². The Morgan fingerprint density at radius 3 is 2.37 bits per heavy atom. The Balaban J connectivity index is 2.69. The predicted octanol–water partition coefficient (Wildman–Crippen LogP) is 3.77. The highest BCUT2D eigenvalue weighted by molar-refractivity contribution is 5.00. The second-order valence-corrected chi connectivity index (χ2v) is 9.83. The van der Waals surface area contributed by atoms with E-state index in [9.17, 15) is 5.11 Å². The highest BCUT2D eigenvalue weighted by Gasteiger charge is 2.50. The number of aliphatic hydroxyl groups is 1. The fourth-order valence-electron chi connectivity index (χ4n) is 4.12. The van der Waals surface area contributed by atoms with Gasteiger partial charge in [0.2, 0.25) is 0 Å². The summed E-state index contributed by atoms with van der Waals surface area (Å²) in [6.45, 7) is 18.7. The molecule has 5 heteroatoms. The lowest BCUT2D eigenvalue weighted by atomic mass is 9.71. The van der Waals surface area contributed by atoms with Crippen LogP contribution in [0, 0.1) is 5.92 Å². The summed E-state index contributed by atoms with van der Waals surface area (Å²) in [5, 5.41) is 16.1. The molecular weight excluding hydrogens is 338 g/mol. The van der Waals surface area contributed by atoms with Crippen molar-refractivity contribution in [1.29, 1.82) is 0 Å². The molecule has 1 rings (SSSR count). The summed E-state index contributed by atoms with van der Waals surface area (Å²) in [5.74, 6) is 0.577. The molecule has 0 aromatic heterocycles. The molecule has 1 fully saturated rings. The van der Waals surface area contributed by atoms with Gasteiger partial charge in [-0.1, -0.05) is 20.8 Å². The van der Waals surface area contributed by atoms with E-state index in [1.54, 1.807) is 0 Å². The van der Waals surface area contributed by atoms with Gasteiger partial charge in [-0.15, -0.1) is 0 Å². The van der Waals surface area contributed by atoms with Crippen molar-refractivity contribution in [2.24, 2.45) is 5.92 Å². The van der Waals surface area contributed by atoms with Gasteiger partial charge in [0.1, 0.15) is 12.3 Å². The maximum Gasteiger partial charge on any atom is 0.133 e. The van der Waals surface area contributed by atoms with E-state index in [1.165, 1.54) is 6.42 Å². The number of hydroxylamine groups is 2. The smallest absolute Gasteiger partial charge is 0.133 e. The van der Waals surface area contributed by atoms with Crippen LogP contribution in [0.1, 0.15) is 80.6 Å². The van der Waals surface area contributed by atoms with Crippen LogP contribution in [-0.2, 0) is 4.84 Å². The zero-order valence-corrected chi connectivity index (χ0v) is 19.6. The van der Waals surface area contributed by atoms with Crippen LogP contribution in [0.2, 0.25) is 0 Å². The Morgan fingerprint density at radius 2 is 1.85 bits per heavy atom. The van der Waals surface area contributed by atoms with Gasteiger partial charge in [0, 0.05) is 24.0 Å². The number of piperidine rings is 1. The van der Waals surface area contributed by atoms with Crippen LogP contribution in [-0.4, -0.2) is 71.8 Å². The first kappa shape index (κ1) is 24.8. The molecule has 0 bridgehead atoms. The van der Waals surface area contributed by atoms with Gasteiger partial charge < -0.3 is 9.59 Å². The molecule has 0 amide bonds. The Labute approximate surface area is 169 Å². The normalized spacial score (nSPS) is 32.4. The van der Waals surface area contributed by atoms with Crippen molar-refractivity contribution in [1.82, 2.24) is 10.4 Å². The molecule has 5 atom stereocenters. The van der Waals surface area contributed by atoms with Crippen molar-refractivity contribution in [3.63, 3.8) is 0 Å². The molecule has 1 aliphatic rings. The number of quaternary nitrogens is 1. The van der Waals surface area contributed by atoms with Crippen molar-refractivity contribution >= 4 is 0 Å². The van der Waals surface area contributed by atoms with E-state index in [4.69, 9.17) is 4.84 Å². The molecule has 0 radical (unpaired) electrons. The first-order valence-electron chi connectivity index (χ1n) is 11.2. The van der Waals surface area contributed by atoms with Gasteiger partial charge in [0.25, 0.3) is 0 Å². The molecule has 5 unspecified atom stereocenters. The molecule has 0 aromatic carbocycles. The number of nitrogens with one attached hydrogen (secondary N) is 1. The molecule has 0 aromatic rings. The van der Waals surface area contributed by atoms with Crippen LogP contribution < -0.4 is 5.32 Å². The summed E-state index contributed by atoms with van der Waals surface area (Å²) >= 11 is 0. The van der Waals surface area contributed by atoms with Crippen molar-refractivity contribution in [3.8, 4) is 0 Å². The van der Waals surface area contributed by atoms with Gasteiger partial charge in [-0.2, -0.15) is 5.06 Å². The van der Waals surface area contributed by atoms with E-state index in [2.05, 4.69) is 66.0 Å². The fourth-order valence-corrected chi connectivity index (χ4v) is 4.12. The quantitative estimate of drug-likeness (QED) is 0.322. The summed E-state index contributed by atoms with van der Waals surface area (Å²) in [6.07, 6.45) is 4.59. The largest absolute Gasteiger partial charge is 0.376 e. The van der Waals surface area contributed by atoms with Crippen LogP contribution in [0.25, 0.3) is 0 Å². The Hall–Kier alpha value is -0.200. The second kappa shape index (κ2) is 10.0. The van der Waals surface area contributed by atoms with Gasteiger partial charge in [0.05, 0.1) is 27.2 Å². The SMILES string of the molecule is CCC1(C)CCC(C)C(C)(CC)N1OC(C)C(O)NCCC[N+](C)(C)CC. The monoisotopic (exact) mass is 386 g/mol. The van der Waals surface area contributed by atoms with E-state index in [0.29, 0.717) is 5.92 Å². The van der Waals surface area contributed by atoms with Crippen LogP contribution in [0.5, 0.6) is 0 Å². The first-order valence-corrected chi connectivity index (χ1v) is 11.2. The molecule has 1 saturated heterocycles. The van der Waals surface area contributed by atoms with E-state index >= 15 is 0 Å². The van der Waals surface area contributed by atoms with Gasteiger partial charge in [-0.05, 0) is 59.3 Å². The molecule has 162 valence electrons. The second-order valence-electron chi connectivity index (χ2n) is 9.83. The third-order valence-corrected chi connectivity index (χ3v) is 7.48. The van der Waals surface area contributed by atoms with Crippen molar-refractivity contribution in [2.75, 3.05) is 33.7 Å². The minimum Gasteiger partial charge on any atom is -0.376 e. The van der Waals surface area contributed by atoms with Crippen LogP contribution in [0.3, 0.4) is 0 Å². The summed E-state index contributed by atoms with van der Waals surface area (Å²) < 4.78 is 1.01. The fraction of sp³-hybridized carbons (Fsp3) is 1.00. The van der Waals surface area contributed by atoms with E-state index in [-0.39, 0.29) is 17.2 Å². The number of aliphatic hydroxyl groups excluding tert-OH is 1. The maximum atomic E-state index is 10.6. The third-order valence-electron chi connectivity index (χ3n) is 7.48. The van der Waals surface area contributed by atoms with E-state index in [0.717, 1.165) is 49.8 Å². The van der Waals surface area contributed by atoms with Gasteiger partial charge in [-0.25, -0.2) is 0 Å². The maximum absolute atomic E-state index is 10.6. The molecule has 0 saturated carbocycles. The molecule has 27 heavy (non-hydrogen) atoms. The van der Waals surface area contributed by atoms with Crippen molar-refractivity contribution in [3.05, 3.63) is 0 Å². The van der Waals surface area contributed by atoms with Crippen LogP contribution in [0.4, 0.5) is 0 Å². The number of rotatable bonds is 11. The molecule has 2 N–H and O–H groups in total. The Kier molecular flexibility index (Phi) is 9.22. The lowest BCUT2D eigenvalue weighted by Gasteiger charge is -2.57. The highest BCUT2D eigenvalue weighted by Crippen LogP contribution is 2.45. The number of hydrogen-bond donors (Lipinski definition) is 2.